The molecule has 0 unspecified atom stereocenters. The highest BCUT2D eigenvalue weighted by Crippen LogP contribution is 2.32. The lowest BCUT2D eigenvalue weighted by molar-refractivity contribution is -0.192. The summed E-state index contributed by atoms with van der Waals surface area (Å²) < 4.78 is 62.8. The lowest BCUT2D eigenvalue weighted by atomic mass is 9.89. The lowest BCUT2D eigenvalue weighted by Crippen LogP contribution is -2.30. The van der Waals surface area contributed by atoms with E-state index in [0.29, 0.717) is 41.2 Å². The van der Waals surface area contributed by atoms with Crippen LogP contribution in [0.4, 0.5) is 27.9 Å². The molecule has 1 amide bonds. The van der Waals surface area contributed by atoms with E-state index in [9.17, 15) is 22.8 Å². The third kappa shape index (κ3) is 10.1. The molecule has 2 aromatic carbocycles. The van der Waals surface area contributed by atoms with Crippen LogP contribution in [0.25, 0.3) is 28.0 Å². The van der Waals surface area contributed by atoms with Crippen LogP contribution in [0.2, 0.25) is 0 Å². The number of carbonyl (C=O) groups excluding carboxylic acids is 1. The Bertz CT molecular complexity index is 1900. The van der Waals surface area contributed by atoms with Crippen LogP contribution in [0.3, 0.4) is 0 Å². The summed E-state index contributed by atoms with van der Waals surface area (Å²) in [7, 11) is 0. The third-order valence-electron chi connectivity index (χ3n) is 9.01. The average molecular weight is 731 g/mol. The highest BCUT2D eigenvalue weighted by molar-refractivity contribution is 5.98. The molecule has 3 N–H and O–H groups in total. The van der Waals surface area contributed by atoms with Crippen molar-refractivity contribution in [1.82, 2.24) is 24.8 Å². The second-order valence-corrected chi connectivity index (χ2v) is 12.6. The minimum atomic E-state index is -5.08. The monoisotopic (exact) mass is 730 g/mol. The Balaban J connectivity index is 0.000000785. The summed E-state index contributed by atoms with van der Waals surface area (Å²) in [5.41, 5.74) is 1.39. The van der Waals surface area contributed by atoms with Crippen LogP contribution in [0.5, 0.6) is 0 Å². The molecule has 52 heavy (non-hydrogen) atoms. The third-order valence-corrected chi connectivity index (χ3v) is 9.01. The number of hydrogen-bond donors (Lipinski definition) is 3. The molecule has 2 heterocycles. The first kappa shape index (κ1) is 39.9. The minimum absolute atomic E-state index is 0.0642. The molecule has 1 aliphatic rings. The fourth-order valence-corrected chi connectivity index (χ4v) is 6.11. The molecule has 0 radical (unpaired) electrons. The maximum Gasteiger partial charge on any atom is 0.490 e. The van der Waals surface area contributed by atoms with Gasteiger partial charge in [0.15, 0.2) is 5.65 Å². The van der Waals surface area contributed by atoms with Gasteiger partial charge in [-0.1, -0.05) is 45.2 Å². The van der Waals surface area contributed by atoms with E-state index in [2.05, 4.69) is 34.4 Å². The van der Waals surface area contributed by atoms with Crippen LogP contribution in [-0.4, -0.2) is 75.3 Å². The Morgan fingerprint density at radius 2 is 1.63 bits per heavy atom. The largest absolute Gasteiger partial charge is 0.490 e. The number of aryl methyl sites for hydroxylation is 1. The van der Waals surface area contributed by atoms with Crippen LogP contribution in [0.15, 0.2) is 53.3 Å². The van der Waals surface area contributed by atoms with Crippen molar-refractivity contribution >= 4 is 28.9 Å². The van der Waals surface area contributed by atoms with E-state index in [1.807, 2.05) is 13.0 Å². The van der Waals surface area contributed by atoms with Crippen LogP contribution < -0.4 is 16.2 Å². The molecule has 0 aliphatic heterocycles. The van der Waals surface area contributed by atoms with Gasteiger partial charge in [0.25, 0.3) is 11.5 Å². The smallest absolute Gasteiger partial charge is 0.475 e. The minimum Gasteiger partial charge on any atom is -0.475 e. The van der Waals surface area contributed by atoms with E-state index < -0.39 is 35.0 Å². The quantitative estimate of drug-likeness (QED) is 0.104. The standard InChI is InChI=1S/C35H42F2N6O2.C2HF3O2/c1-4-42(5-2)20-10-19-38-35-40-31(26-17-18-30(44)43(33(26)41-35)32-28(36)13-9-14-29(32)37)27-21-25(16-15-23(27)3)34(45)39-22-24-11-7-6-8-12-24;3-2(4,5)1(6)7/h9,13-18,21,24H,4-8,10-12,19-20,22H2,1-3H3,(H,39,45)(H,38,40,41);(H,6,7). The first-order valence-electron chi connectivity index (χ1n) is 17.3. The number of alkyl halides is 3. The summed E-state index contributed by atoms with van der Waals surface area (Å²) in [4.78, 5) is 47.1. The van der Waals surface area contributed by atoms with Crippen molar-refractivity contribution in [2.24, 2.45) is 5.92 Å². The Morgan fingerprint density at radius 1 is 0.981 bits per heavy atom. The highest BCUT2D eigenvalue weighted by atomic mass is 19.4. The SMILES string of the molecule is CCN(CC)CCCNc1nc(-c2cc(C(=O)NCC3CCCCC3)ccc2C)c2ccc(=O)n(-c3c(F)cccc3F)c2n1.O=C(O)C(F)(F)F. The zero-order chi connectivity index (χ0) is 38.0. The number of rotatable bonds is 12. The normalized spacial score (nSPS) is 13.5. The number of halogens is 5. The van der Waals surface area contributed by atoms with E-state index in [4.69, 9.17) is 14.9 Å². The number of benzene rings is 2. The van der Waals surface area contributed by atoms with Crippen LogP contribution in [0, 0.1) is 24.5 Å². The van der Waals surface area contributed by atoms with Gasteiger partial charge in [-0.05, 0) is 87.6 Å². The highest BCUT2D eigenvalue weighted by Gasteiger charge is 2.38. The fraction of sp³-hybridized carbons (Fsp3) is 0.432. The average Bonchev–Trinajstić information content (AvgIpc) is 3.11. The van der Waals surface area contributed by atoms with Crippen molar-refractivity contribution in [3.63, 3.8) is 0 Å². The van der Waals surface area contributed by atoms with Crippen LogP contribution in [-0.2, 0) is 4.79 Å². The second kappa shape index (κ2) is 18.0. The summed E-state index contributed by atoms with van der Waals surface area (Å²) >= 11 is 0. The Morgan fingerprint density at radius 3 is 2.25 bits per heavy atom. The van der Waals surface area contributed by atoms with E-state index in [1.54, 1.807) is 18.2 Å². The Kier molecular flexibility index (Phi) is 13.8. The van der Waals surface area contributed by atoms with E-state index in [1.165, 1.54) is 31.4 Å². The number of nitrogens with zero attached hydrogens (tertiary/aromatic N) is 4. The van der Waals surface area contributed by atoms with Crippen molar-refractivity contribution in [3.05, 3.63) is 81.6 Å². The van der Waals surface area contributed by atoms with Crippen molar-refractivity contribution in [2.45, 2.75) is 65.5 Å². The zero-order valence-corrected chi connectivity index (χ0v) is 29.3. The summed E-state index contributed by atoms with van der Waals surface area (Å²) in [5, 5.41) is 13.9. The molecule has 1 saturated carbocycles. The van der Waals surface area contributed by atoms with Crippen molar-refractivity contribution < 1.29 is 36.6 Å². The number of nitrogens with one attached hydrogen (secondary N) is 2. The number of hydrogen-bond acceptors (Lipinski definition) is 7. The molecular weight excluding hydrogens is 687 g/mol. The summed E-state index contributed by atoms with van der Waals surface area (Å²) in [5.74, 6) is -3.98. The number of carboxylic acids is 1. The van der Waals surface area contributed by atoms with E-state index >= 15 is 8.78 Å². The van der Waals surface area contributed by atoms with Gasteiger partial charge in [0, 0.05) is 35.7 Å². The molecule has 0 bridgehead atoms. The molecule has 5 rings (SSSR count). The maximum atomic E-state index is 15.1. The number of carboxylic acid groups (broad SMARTS) is 1. The number of amides is 1. The summed E-state index contributed by atoms with van der Waals surface area (Å²) in [6, 6.07) is 11.7. The number of pyridine rings is 1. The van der Waals surface area contributed by atoms with E-state index in [0.717, 1.165) is 61.2 Å². The number of aliphatic carboxylic acids is 1. The molecule has 0 atom stereocenters. The first-order valence-corrected chi connectivity index (χ1v) is 17.3. The van der Waals surface area contributed by atoms with Crippen molar-refractivity contribution in [3.8, 4) is 16.9 Å². The van der Waals surface area contributed by atoms with Gasteiger partial charge in [-0.15, -0.1) is 0 Å². The first-order chi connectivity index (χ1) is 24.7. The molecule has 15 heteroatoms. The van der Waals surface area contributed by atoms with Gasteiger partial charge >= 0.3 is 12.1 Å². The van der Waals surface area contributed by atoms with Gasteiger partial charge < -0.3 is 20.6 Å². The van der Waals surface area contributed by atoms with Gasteiger partial charge in [-0.2, -0.15) is 18.2 Å². The maximum absolute atomic E-state index is 15.1. The number of carbonyl (C=O) groups is 2. The molecule has 10 nitrogen and oxygen atoms in total. The number of anilines is 1. The molecule has 280 valence electrons. The zero-order valence-electron chi connectivity index (χ0n) is 29.3. The number of aromatic nitrogens is 3. The van der Waals surface area contributed by atoms with Crippen molar-refractivity contribution in [2.75, 3.05) is 38.0 Å². The topological polar surface area (TPSA) is 129 Å². The number of para-hydroxylation sites is 1. The predicted octanol–water partition coefficient (Wildman–Crippen LogP) is 7.12. The molecule has 0 spiro atoms. The number of fused-ring (bicyclic) bond motifs is 1. The van der Waals surface area contributed by atoms with Crippen LogP contribution >= 0.6 is 0 Å². The summed E-state index contributed by atoms with van der Waals surface area (Å²) in [6.45, 7) is 10.1. The predicted molar refractivity (Wildman–Crippen MR) is 189 cm³/mol. The molecule has 1 fully saturated rings. The lowest BCUT2D eigenvalue weighted by Gasteiger charge is -2.22. The Hall–Kier alpha value is -4.92. The van der Waals surface area contributed by atoms with Gasteiger partial charge in [0.2, 0.25) is 5.95 Å². The molecule has 4 aromatic rings. The van der Waals surface area contributed by atoms with E-state index in [-0.39, 0.29) is 17.5 Å². The molecular formula is C37H43F5N6O4. The van der Waals surface area contributed by atoms with Gasteiger partial charge in [-0.3, -0.25) is 14.2 Å². The van der Waals surface area contributed by atoms with Gasteiger partial charge in [-0.25, -0.2) is 18.6 Å². The van der Waals surface area contributed by atoms with Gasteiger partial charge in [0.05, 0.1) is 5.69 Å². The Labute approximate surface area is 298 Å². The fourth-order valence-electron chi connectivity index (χ4n) is 6.11. The van der Waals surface area contributed by atoms with Crippen LogP contribution in [0.1, 0.15) is 68.3 Å². The van der Waals surface area contributed by atoms with Crippen molar-refractivity contribution in [1.29, 1.82) is 0 Å². The molecule has 0 saturated heterocycles. The second-order valence-electron chi connectivity index (χ2n) is 12.6. The molecule has 2 aromatic heterocycles. The molecule has 1 aliphatic carbocycles. The van der Waals surface area contributed by atoms with Gasteiger partial charge in [0.1, 0.15) is 17.3 Å². The summed E-state index contributed by atoms with van der Waals surface area (Å²) in [6.07, 6.45) is 1.64.